The predicted molar refractivity (Wildman–Crippen MR) is 46.9 cm³/mol. The smallest absolute Gasteiger partial charge is 0.249 e. The lowest BCUT2D eigenvalue weighted by atomic mass is 10.1. The van der Waals surface area contributed by atoms with Crippen LogP contribution in [0.15, 0.2) is 12.4 Å². The van der Waals surface area contributed by atoms with E-state index in [9.17, 15) is 9.90 Å². The van der Waals surface area contributed by atoms with E-state index in [2.05, 4.69) is 9.97 Å². The number of amides is 1. The first kappa shape index (κ1) is 11.0. The molecule has 0 aliphatic carbocycles. The van der Waals surface area contributed by atoms with Gasteiger partial charge in [0.1, 0.15) is 12.2 Å². The Hall–Kier alpha value is -2.04. The molecular formula is C8H8N4O3. The Balaban J connectivity index is 2.88. The van der Waals surface area contributed by atoms with Crippen LogP contribution in [0.4, 0.5) is 0 Å². The topological polar surface area (TPSA) is 133 Å². The predicted octanol–water partition coefficient (Wildman–Crippen LogP) is -1.77. The van der Waals surface area contributed by atoms with Gasteiger partial charge in [-0.05, 0) is 0 Å². The van der Waals surface area contributed by atoms with Gasteiger partial charge in [-0.1, -0.05) is 0 Å². The largest absolute Gasteiger partial charge is 0.385 e. The number of carbonyl (C=O) groups excluding carboxylic acids is 1. The Bertz CT molecular complexity index is 397. The maximum absolute atomic E-state index is 10.6. The van der Waals surface area contributed by atoms with Crippen molar-refractivity contribution in [3.63, 3.8) is 0 Å². The van der Waals surface area contributed by atoms with Gasteiger partial charge in [0.05, 0.1) is 0 Å². The molecule has 1 aromatic heterocycles. The third-order valence-corrected chi connectivity index (χ3v) is 1.70. The summed E-state index contributed by atoms with van der Waals surface area (Å²) in [5, 5.41) is 26.9. The zero-order chi connectivity index (χ0) is 11.4. The number of rotatable bonds is 3. The minimum absolute atomic E-state index is 0.0699. The minimum Gasteiger partial charge on any atom is -0.385 e. The van der Waals surface area contributed by atoms with Gasteiger partial charge in [0.15, 0.2) is 6.10 Å². The lowest BCUT2D eigenvalue weighted by Gasteiger charge is -2.13. The van der Waals surface area contributed by atoms with Gasteiger partial charge in [-0.2, -0.15) is 5.26 Å². The standard InChI is InChI=1S/C8H8N4O3/c9-1-5-11-2-4(3-12-5)6(13)7(14)8(10)15/h2-3,6-7,13-14H,(H2,10,15). The number of aromatic nitrogens is 2. The molecule has 1 aromatic rings. The molecule has 7 heteroatoms. The fourth-order valence-corrected chi connectivity index (χ4v) is 0.886. The fraction of sp³-hybridized carbons (Fsp3) is 0.250. The monoisotopic (exact) mass is 208 g/mol. The van der Waals surface area contributed by atoms with Crippen LogP contribution in [-0.4, -0.2) is 32.2 Å². The average molecular weight is 208 g/mol. The summed E-state index contributed by atoms with van der Waals surface area (Å²) < 4.78 is 0. The van der Waals surface area contributed by atoms with Crippen molar-refractivity contribution in [3.8, 4) is 6.07 Å². The number of aliphatic hydroxyl groups is 2. The molecule has 0 radical (unpaired) electrons. The Morgan fingerprint density at radius 3 is 2.40 bits per heavy atom. The summed E-state index contributed by atoms with van der Waals surface area (Å²) >= 11 is 0. The van der Waals surface area contributed by atoms with Crippen molar-refractivity contribution >= 4 is 5.91 Å². The molecule has 78 valence electrons. The van der Waals surface area contributed by atoms with Gasteiger partial charge in [0, 0.05) is 18.0 Å². The summed E-state index contributed by atoms with van der Waals surface area (Å²) in [5.41, 5.74) is 4.90. The van der Waals surface area contributed by atoms with Crippen molar-refractivity contribution in [3.05, 3.63) is 23.8 Å². The van der Waals surface area contributed by atoms with E-state index in [-0.39, 0.29) is 11.4 Å². The number of aliphatic hydroxyl groups excluding tert-OH is 2. The summed E-state index contributed by atoms with van der Waals surface area (Å²) in [4.78, 5) is 17.7. The van der Waals surface area contributed by atoms with E-state index in [0.717, 1.165) is 12.4 Å². The zero-order valence-corrected chi connectivity index (χ0v) is 7.53. The van der Waals surface area contributed by atoms with E-state index in [1.54, 1.807) is 6.07 Å². The zero-order valence-electron chi connectivity index (χ0n) is 7.53. The van der Waals surface area contributed by atoms with Gasteiger partial charge in [-0.3, -0.25) is 4.79 Å². The van der Waals surface area contributed by atoms with Crippen LogP contribution >= 0.6 is 0 Å². The summed E-state index contributed by atoms with van der Waals surface area (Å²) in [7, 11) is 0. The molecule has 15 heavy (non-hydrogen) atoms. The van der Waals surface area contributed by atoms with Crippen molar-refractivity contribution in [2.75, 3.05) is 0 Å². The van der Waals surface area contributed by atoms with Crippen molar-refractivity contribution in [1.82, 2.24) is 9.97 Å². The number of nitrogens with two attached hydrogens (primary N) is 1. The van der Waals surface area contributed by atoms with E-state index >= 15 is 0 Å². The first-order chi connectivity index (χ1) is 7.06. The molecular weight excluding hydrogens is 200 g/mol. The van der Waals surface area contributed by atoms with E-state index < -0.39 is 18.1 Å². The van der Waals surface area contributed by atoms with E-state index in [1.807, 2.05) is 0 Å². The molecule has 2 unspecified atom stereocenters. The number of nitrogens with zero attached hydrogens (tertiary/aromatic N) is 3. The Morgan fingerprint density at radius 2 is 2.00 bits per heavy atom. The second-order valence-corrected chi connectivity index (χ2v) is 2.74. The van der Waals surface area contributed by atoms with Crippen LogP contribution in [0.2, 0.25) is 0 Å². The molecule has 0 aliphatic rings. The molecule has 0 fully saturated rings. The van der Waals surface area contributed by atoms with Crippen LogP contribution in [0.1, 0.15) is 17.5 Å². The first-order valence-corrected chi connectivity index (χ1v) is 3.93. The molecule has 1 rings (SSSR count). The first-order valence-electron chi connectivity index (χ1n) is 3.93. The molecule has 0 aromatic carbocycles. The minimum atomic E-state index is -1.72. The second kappa shape index (κ2) is 4.45. The van der Waals surface area contributed by atoms with Gasteiger partial charge in [-0.15, -0.1) is 0 Å². The van der Waals surface area contributed by atoms with Crippen molar-refractivity contribution in [2.45, 2.75) is 12.2 Å². The van der Waals surface area contributed by atoms with Crippen LogP contribution in [0.25, 0.3) is 0 Å². The van der Waals surface area contributed by atoms with Crippen molar-refractivity contribution in [1.29, 1.82) is 5.26 Å². The maximum Gasteiger partial charge on any atom is 0.249 e. The van der Waals surface area contributed by atoms with E-state index in [0.29, 0.717) is 0 Å². The van der Waals surface area contributed by atoms with E-state index in [4.69, 9.17) is 16.1 Å². The van der Waals surface area contributed by atoms with Crippen LogP contribution < -0.4 is 5.73 Å². The van der Waals surface area contributed by atoms with E-state index in [1.165, 1.54) is 0 Å². The fourth-order valence-electron chi connectivity index (χ4n) is 0.886. The van der Waals surface area contributed by atoms with Crippen LogP contribution in [0.5, 0.6) is 0 Å². The Morgan fingerprint density at radius 1 is 1.47 bits per heavy atom. The number of carbonyl (C=O) groups is 1. The SMILES string of the molecule is N#Cc1ncc(C(O)C(O)C(N)=O)cn1. The van der Waals surface area contributed by atoms with Crippen LogP contribution in [0, 0.1) is 11.3 Å². The maximum atomic E-state index is 10.6. The highest BCUT2D eigenvalue weighted by Gasteiger charge is 2.23. The highest BCUT2D eigenvalue weighted by molar-refractivity contribution is 5.79. The van der Waals surface area contributed by atoms with Gasteiger partial charge in [-0.25, -0.2) is 9.97 Å². The molecule has 7 nitrogen and oxygen atoms in total. The summed E-state index contributed by atoms with van der Waals surface area (Å²) in [6, 6.07) is 1.69. The number of nitriles is 1. The van der Waals surface area contributed by atoms with Crippen molar-refractivity contribution in [2.24, 2.45) is 5.73 Å². The highest BCUT2D eigenvalue weighted by atomic mass is 16.3. The average Bonchev–Trinajstić information content (AvgIpc) is 2.27. The normalized spacial score (nSPS) is 13.9. The quantitative estimate of drug-likeness (QED) is 0.538. The third-order valence-electron chi connectivity index (χ3n) is 1.70. The van der Waals surface area contributed by atoms with Crippen LogP contribution in [-0.2, 0) is 4.79 Å². The highest BCUT2D eigenvalue weighted by Crippen LogP contribution is 2.14. The van der Waals surface area contributed by atoms with Gasteiger partial charge >= 0.3 is 0 Å². The van der Waals surface area contributed by atoms with Gasteiger partial charge in [0.2, 0.25) is 11.7 Å². The molecule has 0 saturated heterocycles. The Kier molecular flexibility index (Phi) is 3.28. The van der Waals surface area contributed by atoms with Gasteiger partial charge < -0.3 is 15.9 Å². The summed E-state index contributed by atoms with van der Waals surface area (Å²) in [6.07, 6.45) is -0.929. The molecule has 4 N–H and O–H groups in total. The third kappa shape index (κ3) is 2.46. The Labute approximate surface area is 84.8 Å². The number of primary amides is 1. The molecule has 0 bridgehead atoms. The molecule has 1 heterocycles. The lowest BCUT2D eigenvalue weighted by molar-refractivity contribution is -0.132. The van der Waals surface area contributed by atoms with Gasteiger partial charge in [0.25, 0.3) is 0 Å². The molecule has 1 amide bonds. The number of hydrogen-bond donors (Lipinski definition) is 3. The van der Waals surface area contributed by atoms with Crippen LogP contribution in [0.3, 0.4) is 0 Å². The van der Waals surface area contributed by atoms with Crippen molar-refractivity contribution < 1.29 is 15.0 Å². The lowest BCUT2D eigenvalue weighted by Crippen LogP contribution is -2.33. The second-order valence-electron chi connectivity index (χ2n) is 2.74. The molecule has 0 spiro atoms. The summed E-state index contributed by atoms with van der Waals surface area (Å²) in [6.45, 7) is 0. The number of hydrogen-bond acceptors (Lipinski definition) is 6. The molecule has 2 atom stereocenters. The summed E-state index contributed by atoms with van der Waals surface area (Å²) in [5.74, 6) is -1.12. The molecule has 0 aliphatic heterocycles. The molecule has 0 saturated carbocycles.